The van der Waals surface area contributed by atoms with Crippen molar-refractivity contribution < 1.29 is 0 Å². The maximum absolute atomic E-state index is 6.16. The van der Waals surface area contributed by atoms with Crippen molar-refractivity contribution in [2.45, 2.75) is 26.3 Å². The van der Waals surface area contributed by atoms with E-state index in [2.05, 4.69) is 43.3 Å². The molecule has 1 nitrogen and oxygen atoms in total. The summed E-state index contributed by atoms with van der Waals surface area (Å²) in [4.78, 5) is 0. The highest BCUT2D eigenvalue weighted by molar-refractivity contribution is 5.87. The number of rotatable bonds is 1. The Balaban J connectivity index is 2.77. The minimum absolute atomic E-state index is 0.283. The van der Waals surface area contributed by atoms with Crippen LogP contribution in [-0.2, 0) is 5.54 Å². The minimum atomic E-state index is -0.283. The van der Waals surface area contributed by atoms with Crippen molar-refractivity contribution in [3.05, 3.63) is 47.5 Å². The molecule has 0 spiro atoms. The van der Waals surface area contributed by atoms with Gasteiger partial charge in [0.25, 0.3) is 0 Å². The number of aryl methyl sites for hydroxylation is 1. The Labute approximate surface area is 90.9 Å². The van der Waals surface area contributed by atoms with Gasteiger partial charge in [-0.1, -0.05) is 42.0 Å². The molecule has 0 unspecified atom stereocenters. The predicted octanol–water partition coefficient (Wildman–Crippen LogP) is 3.34. The van der Waals surface area contributed by atoms with Crippen molar-refractivity contribution in [1.29, 1.82) is 0 Å². The van der Waals surface area contributed by atoms with Crippen LogP contribution >= 0.6 is 0 Å². The number of hydrogen-bond donors (Lipinski definition) is 1. The Morgan fingerprint density at radius 3 is 2.47 bits per heavy atom. The molecule has 0 saturated carbocycles. The largest absolute Gasteiger partial charge is 0.322 e. The molecule has 2 rings (SSSR count). The first-order valence-electron chi connectivity index (χ1n) is 5.27. The first-order valence-corrected chi connectivity index (χ1v) is 5.27. The predicted molar refractivity (Wildman–Crippen MR) is 65.9 cm³/mol. The van der Waals surface area contributed by atoms with E-state index in [4.69, 9.17) is 5.73 Å². The summed E-state index contributed by atoms with van der Waals surface area (Å²) in [5.41, 5.74) is 8.37. The zero-order valence-corrected chi connectivity index (χ0v) is 9.54. The molecule has 2 aromatic carbocycles. The van der Waals surface area contributed by atoms with E-state index in [0.29, 0.717) is 0 Å². The molecule has 0 amide bonds. The van der Waals surface area contributed by atoms with Gasteiger partial charge in [0.2, 0.25) is 0 Å². The van der Waals surface area contributed by atoms with Gasteiger partial charge in [-0.25, -0.2) is 0 Å². The molecule has 2 aromatic rings. The molecule has 15 heavy (non-hydrogen) atoms. The molecule has 0 aliphatic carbocycles. The first kappa shape index (κ1) is 10.2. The molecule has 0 atom stereocenters. The van der Waals surface area contributed by atoms with E-state index in [-0.39, 0.29) is 5.54 Å². The molecule has 2 N–H and O–H groups in total. The normalized spacial score (nSPS) is 12.0. The van der Waals surface area contributed by atoms with Crippen molar-refractivity contribution in [3.63, 3.8) is 0 Å². The van der Waals surface area contributed by atoms with E-state index in [1.807, 2.05) is 13.8 Å². The molecular formula is C14H17N. The van der Waals surface area contributed by atoms with Crippen LogP contribution in [0.5, 0.6) is 0 Å². The fourth-order valence-corrected chi connectivity index (χ4v) is 1.96. The number of nitrogens with two attached hydrogens (primary N) is 1. The van der Waals surface area contributed by atoms with Crippen LogP contribution in [0, 0.1) is 6.92 Å². The molecule has 0 heterocycles. The van der Waals surface area contributed by atoms with E-state index < -0.39 is 0 Å². The van der Waals surface area contributed by atoms with Gasteiger partial charge in [0.15, 0.2) is 0 Å². The van der Waals surface area contributed by atoms with Crippen LogP contribution in [0.15, 0.2) is 36.4 Å². The van der Waals surface area contributed by atoms with Crippen molar-refractivity contribution in [2.24, 2.45) is 5.73 Å². The van der Waals surface area contributed by atoms with Gasteiger partial charge in [-0.2, -0.15) is 0 Å². The smallest absolute Gasteiger partial charge is 0.0358 e. The van der Waals surface area contributed by atoms with Gasteiger partial charge in [-0.15, -0.1) is 0 Å². The van der Waals surface area contributed by atoms with Gasteiger partial charge in [-0.05, 0) is 37.1 Å². The summed E-state index contributed by atoms with van der Waals surface area (Å²) in [6, 6.07) is 12.8. The molecule has 78 valence electrons. The lowest BCUT2D eigenvalue weighted by Gasteiger charge is -2.21. The van der Waals surface area contributed by atoms with E-state index in [1.165, 1.54) is 21.9 Å². The average Bonchev–Trinajstić information content (AvgIpc) is 2.15. The van der Waals surface area contributed by atoms with Gasteiger partial charge >= 0.3 is 0 Å². The lowest BCUT2D eigenvalue weighted by atomic mass is 9.90. The van der Waals surface area contributed by atoms with Gasteiger partial charge < -0.3 is 5.73 Å². The summed E-state index contributed by atoms with van der Waals surface area (Å²) in [6.45, 7) is 6.20. The van der Waals surface area contributed by atoms with Crippen molar-refractivity contribution in [1.82, 2.24) is 0 Å². The average molecular weight is 199 g/mol. The second-order valence-electron chi connectivity index (χ2n) is 4.75. The Hall–Kier alpha value is -1.34. The van der Waals surface area contributed by atoms with Crippen LogP contribution in [0.2, 0.25) is 0 Å². The maximum atomic E-state index is 6.16. The Kier molecular flexibility index (Phi) is 2.28. The molecule has 0 bridgehead atoms. The molecular weight excluding hydrogens is 182 g/mol. The van der Waals surface area contributed by atoms with Crippen molar-refractivity contribution in [2.75, 3.05) is 0 Å². The molecule has 0 aliphatic rings. The third-order valence-corrected chi connectivity index (χ3v) is 2.73. The summed E-state index contributed by atoms with van der Waals surface area (Å²) in [5, 5.41) is 2.53. The second-order valence-corrected chi connectivity index (χ2v) is 4.75. The van der Waals surface area contributed by atoms with E-state index in [0.717, 1.165) is 0 Å². The highest BCUT2D eigenvalue weighted by Crippen LogP contribution is 2.27. The second kappa shape index (κ2) is 3.35. The van der Waals surface area contributed by atoms with Crippen LogP contribution in [0.1, 0.15) is 25.0 Å². The van der Waals surface area contributed by atoms with E-state index in [1.54, 1.807) is 0 Å². The Morgan fingerprint density at radius 2 is 1.80 bits per heavy atom. The quantitative estimate of drug-likeness (QED) is 0.749. The maximum Gasteiger partial charge on any atom is 0.0358 e. The molecule has 0 aromatic heterocycles. The standard InChI is InChI=1S/C14H17N/c1-10-7-8-12-11(9-10)5-4-6-13(12)14(2,3)15/h4-9H,15H2,1-3H3. The molecule has 0 radical (unpaired) electrons. The highest BCUT2D eigenvalue weighted by atomic mass is 14.7. The summed E-state index contributed by atoms with van der Waals surface area (Å²) in [6.07, 6.45) is 0. The SMILES string of the molecule is Cc1ccc2c(C(C)(C)N)cccc2c1. The van der Waals surface area contributed by atoms with Crippen LogP contribution < -0.4 is 5.73 Å². The third kappa shape index (κ3) is 1.88. The van der Waals surface area contributed by atoms with E-state index in [9.17, 15) is 0 Å². The summed E-state index contributed by atoms with van der Waals surface area (Å²) >= 11 is 0. The zero-order chi connectivity index (χ0) is 11.1. The fraction of sp³-hybridized carbons (Fsp3) is 0.286. The van der Waals surface area contributed by atoms with E-state index >= 15 is 0 Å². The molecule has 1 heteroatoms. The lowest BCUT2D eigenvalue weighted by molar-refractivity contribution is 0.559. The first-order chi connectivity index (χ1) is 6.98. The van der Waals surface area contributed by atoms with Crippen LogP contribution in [0.25, 0.3) is 10.8 Å². The number of fused-ring (bicyclic) bond motifs is 1. The zero-order valence-electron chi connectivity index (χ0n) is 9.54. The monoisotopic (exact) mass is 199 g/mol. The van der Waals surface area contributed by atoms with Crippen molar-refractivity contribution in [3.8, 4) is 0 Å². The lowest BCUT2D eigenvalue weighted by Crippen LogP contribution is -2.28. The van der Waals surface area contributed by atoms with Gasteiger partial charge in [0.05, 0.1) is 0 Å². The number of benzene rings is 2. The Bertz CT molecular complexity index is 492. The van der Waals surface area contributed by atoms with Crippen molar-refractivity contribution >= 4 is 10.8 Å². The fourth-order valence-electron chi connectivity index (χ4n) is 1.96. The molecule has 0 aliphatic heterocycles. The Morgan fingerprint density at radius 1 is 1.07 bits per heavy atom. The minimum Gasteiger partial charge on any atom is -0.322 e. The molecule has 0 fully saturated rings. The summed E-state index contributed by atoms with van der Waals surface area (Å²) < 4.78 is 0. The topological polar surface area (TPSA) is 26.0 Å². The van der Waals surface area contributed by atoms with Crippen LogP contribution in [0.3, 0.4) is 0 Å². The summed E-state index contributed by atoms with van der Waals surface area (Å²) in [7, 11) is 0. The van der Waals surface area contributed by atoms with Gasteiger partial charge in [0.1, 0.15) is 0 Å². The van der Waals surface area contributed by atoms with Crippen LogP contribution in [-0.4, -0.2) is 0 Å². The molecule has 0 saturated heterocycles. The third-order valence-electron chi connectivity index (χ3n) is 2.73. The van der Waals surface area contributed by atoms with Gasteiger partial charge in [-0.3, -0.25) is 0 Å². The van der Waals surface area contributed by atoms with Crippen LogP contribution in [0.4, 0.5) is 0 Å². The highest BCUT2D eigenvalue weighted by Gasteiger charge is 2.16. The summed E-state index contributed by atoms with van der Waals surface area (Å²) in [5.74, 6) is 0. The number of hydrogen-bond acceptors (Lipinski definition) is 1. The van der Waals surface area contributed by atoms with Gasteiger partial charge in [0, 0.05) is 5.54 Å².